The first-order chi connectivity index (χ1) is 15.7. The molecule has 2 fully saturated rings. The molecule has 2 amide bonds. The third-order valence-corrected chi connectivity index (χ3v) is 6.78. The summed E-state index contributed by atoms with van der Waals surface area (Å²) < 4.78 is 10.7. The molecule has 2 saturated heterocycles. The lowest BCUT2D eigenvalue weighted by Crippen LogP contribution is -2.62. The summed E-state index contributed by atoms with van der Waals surface area (Å²) in [6.45, 7) is 5.63. The molecule has 3 aliphatic heterocycles. The molecular formula is C24H30N4O4. The number of benzene rings is 1. The van der Waals surface area contributed by atoms with Gasteiger partial charge in [-0.2, -0.15) is 0 Å². The van der Waals surface area contributed by atoms with E-state index in [9.17, 15) is 9.59 Å². The number of hydrogen-bond acceptors (Lipinski definition) is 6. The zero-order valence-corrected chi connectivity index (χ0v) is 18.2. The van der Waals surface area contributed by atoms with E-state index in [1.165, 1.54) is 11.3 Å². The van der Waals surface area contributed by atoms with Crippen molar-refractivity contribution in [1.82, 2.24) is 15.1 Å². The van der Waals surface area contributed by atoms with E-state index in [0.29, 0.717) is 52.4 Å². The average molecular weight is 439 g/mol. The quantitative estimate of drug-likeness (QED) is 0.754. The minimum absolute atomic E-state index is 0.0345. The molecule has 0 bridgehead atoms. The van der Waals surface area contributed by atoms with Gasteiger partial charge in [0.05, 0.1) is 44.5 Å². The molecule has 0 spiro atoms. The number of rotatable bonds is 5. The summed E-state index contributed by atoms with van der Waals surface area (Å²) >= 11 is 0. The molecule has 8 heteroatoms. The Morgan fingerprint density at radius 3 is 2.69 bits per heavy atom. The lowest BCUT2D eigenvalue weighted by Gasteiger charge is -2.49. The molecule has 1 aromatic heterocycles. The molecule has 2 unspecified atom stereocenters. The maximum Gasteiger partial charge on any atom is 0.236 e. The third kappa shape index (κ3) is 4.38. The van der Waals surface area contributed by atoms with Crippen LogP contribution in [0.3, 0.4) is 0 Å². The number of carbonyl (C=O) groups is 2. The molecule has 8 nitrogen and oxygen atoms in total. The second-order valence-electron chi connectivity index (χ2n) is 8.73. The Bertz CT molecular complexity index is 941. The number of para-hydroxylation sites is 1. The van der Waals surface area contributed by atoms with Gasteiger partial charge in [0.2, 0.25) is 11.8 Å². The van der Waals surface area contributed by atoms with E-state index < -0.39 is 0 Å². The monoisotopic (exact) mass is 438 g/mol. The highest BCUT2D eigenvalue weighted by Gasteiger charge is 2.41. The van der Waals surface area contributed by atoms with E-state index in [4.69, 9.17) is 9.15 Å². The number of hydrogen-bond donors (Lipinski definition) is 1. The molecule has 0 saturated carbocycles. The number of furan rings is 1. The Hall–Kier alpha value is -2.84. The minimum Gasteiger partial charge on any atom is -0.467 e. The predicted molar refractivity (Wildman–Crippen MR) is 119 cm³/mol. The fraction of sp³-hybridized carbons (Fsp3) is 0.500. The zero-order valence-electron chi connectivity index (χ0n) is 18.2. The van der Waals surface area contributed by atoms with Crippen molar-refractivity contribution in [1.29, 1.82) is 0 Å². The van der Waals surface area contributed by atoms with Gasteiger partial charge in [-0.05, 0) is 30.2 Å². The van der Waals surface area contributed by atoms with Gasteiger partial charge in [-0.3, -0.25) is 14.5 Å². The van der Waals surface area contributed by atoms with E-state index in [-0.39, 0.29) is 23.8 Å². The fourth-order valence-corrected chi connectivity index (χ4v) is 5.08. The summed E-state index contributed by atoms with van der Waals surface area (Å²) in [7, 11) is 0. The van der Waals surface area contributed by atoms with E-state index >= 15 is 0 Å². The predicted octanol–water partition coefficient (Wildman–Crippen LogP) is 1.12. The number of anilines is 1. The van der Waals surface area contributed by atoms with Crippen LogP contribution in [0.15, 0.2) is 47.1 Å². The second kappa shape index (κ2) is 9.34. The molecular weight excluding hydrogens is 408 g/mol. The fourth-order valence-electron chi connectivity index (χ4n) is 5.08. The van der Waals surface area contributed by atoms with Crippen molar-refractivity contribution in [3.05, 3.63) is 54.0 Å². The highest BCUT2D eigenvalue weighted by molar-refractivity contribution is 5.82. The standard InChI is InChI=1S/C24H30N4O4/c29-23(27-9-12-31-13-10-27)17-26-7-8-28-21-6-2-1-4-18(21)14-20(22(28)16-26)24(30)25-15-19-5-3-11-32-19/h1-6,11,20,22H,7-10,12-17H2,(H,25,30). The SMILES string of the molecule is O=C(NCc1ccco1)C1Cc2ccccc2N2CCN(CC(=O)N3CCOCC3)CC12. The summed E-state index contributed by atoms with van der Waals surface area (Å²) in [4.78, 5) is 32.5. The number of fused-ring (bicyclic) bond motifs is 3. The molecule has 0 radical (unpaired) electrons. The van der Waals surface area contributed by atoms with Gasteiger partial charge in [0.25, 0.3) is 0 Å². The maximum atomic E-state index is 13.2. The van der Waals surface area contributed by atoms with Crippen LogP contribution in [0.25, 0.3) is 0 Å². The van der Waals surface area contributed by atoms with E-state index in [2.05, 4.69) is 33.3 Å². The first-order valence-corrected chi connectivity index (χ1v) is 11.4. The number of piperazine rings is 1. The molecule has 0 aliphatic carbocycles. The number of ether oxygens (including phenoxy) is 1. The number of carbonyl (C=O) groups excluding carboxylic acids is 2. The topological polar surface area (TPSA) is 78.3 Å². The summed E-state index contributed by atoms with van der Waals surface area (Å²) in [5.74, 6) is 0.748. The van der Waals surface area contributed by atoms with Gasteiger partial charge < -0.3 is 24.3 Å². The van der Waals surface area contributed by atoms with Gasteiger partial charge in [0, 0.05) is 38.4 Å². The van der Waals surface area contributed by atoms with Crippen LogP contribution in [-0.4, -0.2) is 80.1 Å². The van der Waals surface area contributed by atoms with Gasteiger partial charge in [-0.1, -0.05) is 18.2 Å². The summed E-state index contributed by atoms with van der Waals surface area (Å²) in [5, 5.41) is 3.06. The van der Waals surface area contributed by atoms with Gasteiger partial charge in [-0.25, -0.2) is 0 Å². The number of amides is 2. The number of morpholine rings is 1. The summed E-state index contributed by atoms with van der Waals surface area (Å²) in [5.41, 5.74) is 2.42. The van der Waals surface area contributed by atoms with Crippen molar-refractivity contribution in [2.24, 2.45) is 5.92 Å². The number of nitrogens with zero attached hydrogens (tertiary/aromatic N) is 3. The average Bonchev–Trinajstić information content (AvgIpc) is 3.36. The van der Waals surface area contributed by atoms with E-state index in [1.54, 1.807) is 6.26 Å². The Balaban J connectivity index is 1.30. The van der Waals surface area contributed by atoms with Gasteiger partial charge in [-0.15, -0.1) is 0 Å². The smallest absolute Gasteiger partial charge is 0.236 e. The van der Waals surface area contributed by atoms with Crippen molar-refractivity contribution in [2.45, 2.75) is 19.0 Å². The molecule has 2 aromatic rings. The van der Waals surface area contributed by atoms with Crippen LogP contribution in [0.5, 0.6) is 0 Å². The Morgan fingerprint density at radius 1 is 1.03 bits per heavy atom. The van der Waals surface area contributed by atoms with Crippen molar-refractivity contribution >= 4 is 17.5 Å². The molecule has 170 valence electrons. The van der Waals surface area contributed by atoms with Crippen molar-refractivity contribution in [3.63, 3.8) is 0 Å². The maximum absolute atomic E-state index is 13.2. The van der Waals surface area contributed by atoms with Crippen LogP contribution in [-0.2, 0) is 27.3 Å². The minimum atomic E-state index is -0.179. The highest BCUT2D eigenvalue weighted by Crippen LogP contribution is 2.36. The van der Waals surface area contributed by atoms with Crippen LogP contribution in [0.2, 0.25) is 0 Å². The number of nitrogens with one attached hydrogen (secondary N) is 1. The Morgan fingerprint density at radius 2 is 1.88 bits per heavy atom. The van der Waals surface area contributed by atoms with Crippen LogP contribution < -0.4 is 10.2 Å². The zero-order chi connectivity index (χ0) is 21.9. The van der Waals surface area contributed by atoms with E-state index in [0.717, 1.165) is 18.8 Å². The van der Waals surface area contributed by atoms with Crippen LogP contribution in [0, 0.1) is 5.92 Å². The highest BCUT2D eigenvalue weighted by atomic mass is 16.5. The summed E-state index contributed by atoms with van der Waals surface area (Å²) in [6, 6.07) is 12.1. The molecule has 1 aromatic carbocycles. The lowest BCUT2D eigenvalue weighted by atomic mass is 9.83. The van der Waals surface area contributed by atoms with E-state index in [1.807, 2.05) is 23.1 Å². The van der Waals surface area contributed by atoms with Gasteiger partial charge in [0.15, 0.2) is 0 Å². The molecule has 2 atom stereocenters. The normalized spacial score (nSPS) is 23.4. The largest absolute Gasteiger partial charge is 0.467 e. The molecule has 32 heavy (non-hydrogen) atoms. The van der Waals surface area contributed by atoms with Crippen LogP contribution in [0.4, 0.5) is 5.69 Å². The first kappa shape index (κ1) is 21.0. The van der Waals surface area contributed by atoms with Crippen LogP contribution in [0.1, 0.15) is 11.3 Å². The summed E-state index contributed by atoms with van der Waals surface area (Å²) in [6.07, 6.45) is 2.32. The van der Waals surface area contributed by atoms with Crippen molar-refractivity contribution in [3.8, 4) is 0 Å². The molecule has 5 rings (SSSR count). The van der Waals surface area contributed by atoms with Gasteiger partial charge >= 0.3 is 0 Å². The van der Waals surface area contributed by atoms with Crippen molar-refractivity contribution in [2.75, 3.05) is 57.4 Å². The third-order valence-electron chi connectivity index (χ3n) is 6.78. The Kier molecular flexibility index (Phi) is 6.14. The first-order valence-electron chi connectivity index (χ1n) is 11.4. The lowest BCUT2D eigenvalue weighted by molar-refractivity contribution is -0.136. The van der Waals surface area contributed by atoms with Crippen molar-refractivity contribution < 1.29 is 18.7 Å². The van der Waals surface area contributed by atoms with Crippen LogP contribution >= 0.6 is 0 Å². The second-order valence-corrected chi connectivity index (χ2v) is 8.73. The molecule has 1 N–H and O–H groups in total. The Labute approximate surface area is 188 Å². The molecule has 3 aliphatic rings. The van der Waals surface area contributed by atoms with Gasteiger partial charge in [0.1, 0.15) is 5.76 Å². The molecule has 4 heterocycles.